The maximum absolute atomic E-state index is 10.8. The van der Waals surface area contributed by atoms with E-state index in [4.69, 9.17) is 4.74 Å². The van der Waals surface area contributed by atoms with E-state index in [1.54, 1.807) is 7.05 Å². The molecule has 20 heavy (non-hydrogen) atoms. The van der Waals surface area contributed by atoms with Crippen LogP contribution in [0.4, 0.5) is 11.5 Å². The highest BCUT2D eigenvalue weighted by Crippen LogP contribution is 2.23. The number of anilines is 1. The van der Waals surface area contributed by atoms with Gasteiger partial charge in [0.15, 0.2) is 0 Å². The monoisotopic (exact) mass is 337 g/mol. The van der Waals surface area contributed by atoms with Crippen LogP contribution in [-0.4, -0.2) is 17.0 Å². The predicted octanol–water partition coefficient (Wildman–Crippen LogP) is 3.37. The second-order valence-corrected chi connectivity index (χ2v) is 4.79. The van der Waals surface area contributed by atoms with Gasteiger partial charge < -0.3 is 10.1 Å². The van der Waals surface area contributed by atoms with Crippen LogP contribution in [0.1, 0.15) is 5.56 Å². The molecule has 0 aliphatic carbocycles. The van der Waals surface area contributed by atoms with Crippen molar-refractivity contribution >= 4 is 27.4 Å². The standard InChI is InChI=1S/C13H12BrN3O3/c1-15-12-6-10(17(18)19)7-13(16-12)20-8-9-4-2-3-5-11(9)14/h2-7H,8H2,1H3,(H,15,16). The number of rotatable bonds is 5. The molecule has 0 fully saturated rings. The van der Waals surface area contributed by atoms with Gasteiger partial charge in [-0.2, -0.15) is 4.98 Å². The Morgan fingerprint density at radius 1 is 1.40 bits per heavy atom. The predicted molar refractivity (Wildman–Crippen MR) is 78.9 cm³/mol. The van der Waals surface area contributed by atoms with Crippen molar-refractivity contribution in [2.24, 2.45) is 0 Å². The van der Waals surface area contributed by atoms with E-state index in [1.807, 2.05) is 24.3 Å². The second-order valence-electron chi connectivity index (χ2n) is 3.94. The van der Waals surface area contributed by atoms with Crippen LogP contribution in [0.25, 0.3) is 0 Å². The SMILES string of the molecule is CNc1cc([N+](=O)[O-])cc(OCc2ccccc2Br)n1. The Hall–Kier alpha value is -2.15. The number of nitrogens with one attached hydrogen (secondary N) is 1. The van der Waals surface area contributed by atoms with Gasteiger partial charge in [-0.1, -0.05) is 34.1 Å². The smallest absolute Gasteiger partial charge is 0.278 e. The third-order valence-corrected chi connectivity index (χ3v) is 3.36. The van der Waals surface area contributed by atoms with Crippen LogP contribution in [0.15, 0.2) is 40.9 Å². The summed E-state index contributed by atoms with van der Waals surface area (Å²) in [5, 5.41) is 13.6. The molecule has 2 rings (SSSR count). The molecule has 0 saturated carbocycles. The molecule has 1 aromatic carbocycles. The van der Waals surface area contributed by atoms with Crippen LogP contribution in [0.2, 0.25) is 0 Å². The minimum absolute atomic E-state index is 0.0634. The molecule has 0 radical (unpaired) electrons. The van der Waals surface area contributed by atoms with Crippen molar-refractivity contribution in [3.05, 3.63) is 56.5 Å². The molecule has 0 unspecified atom stereocenters. The first-order valence-corrected chi connectivity index (χ1v) is 6.60. The largest absolute Gasteiger partial charge is 0.473 e. The maximum Gasteiger partial charge on any atom is 0.278 e. The summed E-state index contributed by atoms with van der Waals surface area (Å²) in [5.41, 5.74) is 0.873. The van der Waals surface area contributed by atoms with Gasteiger partial charge in [0.2, 0.25) is 5.88 Å². The van der Waals surface area contributed by atoms with Crippen LogP contribution < -0.4 is 10.1 Å². The Balaban J connectivity index is 2.19. The van der Waals surface area contributed by atoms with Gasteiger partial charge in [-0.15, -0.1) is 0 Å². The van der Waals surface area contributed by atoms with Crippen molar-refractivity contribution in [2.45, 2.75) is 6.61 Å². The Kier molecular flexibility index (Phi) is 4.52. The molecule has 1 heterocycles. The van der Waals surface area contributed by atoms with E-state index < -0.39 is 4.92 Å². The number of pyridine rings is 1. The Labute approximate surface area is 124 Å². The zero-order valence-electron chi connectivity index (χ0n) is 10.7. The Morgan fingerprint density at radius 2 is 2.15 bits per heavy atom. The van der Waals surface area contributed by atoms with E-state index in [1.165, 1.54) is 12.1 Å². The third kappa shape index (κ3) is 3.45. The average molecular weight is 338 g/mol. The number of hydrogen-bond acceptors (Lipinski definition) is 5. The molecule has 0 spiro atoms. The van der Waals surface area contributed by atoms with Gasteiger partial charge in [-0.3, -0.25) is 10.1 Å². The lowest BCUT2D eigenvalue weighted by Crippen LogP contribution is -2.01. The number of ether oxygens (including phenoxy) is 1. The number of nitro groups is 1. The molecule has 0 amide bonds. The van der Waals surface area contributed by atoms with E-state index in [0.717, 1.165) is 10.0 Å². The first-order valence-electron chi connectivity index (χ1n) is 5.80. The van der Waals surface area contributed by atoms with Crippen molar-refractivity contribution in [2.75, 3.05) is 12.4 Å². The minimum atomic E-state index is -0.478. The molecule has 0 atom stereocenters. The fourth-order valence-electron chi connectivity index (χ4n) is 1.57. The summed E-state index contributed by atoms with van der Waals surface area (Å²) >= 11 is 3.41. The molecule has 0 aliphatic rings. The van der Waals surface area contributed by atoms with Gasteiger partial charge in [-0.25, -0.2) is 0 Å². The van der Waals surface area contributed by atoms with Gasteiger partial charge >= 0.3 is 0 Å². The van der Waals surface area contributed by atoms with Crippen molar-refractivity contribution in [3.8, 4) is 5.88 Å². The number of nitrogens with zero attached hydrogens (tertiary/aromatic N) is 2. The summed E-state index contributed by atoms with van der Waals surface area (Å²) in [7, 11) is 1.64. The molecule has 2 aromatic rings. The molecule has 7 heteroatoms. The fraction of sp³-hybridized carbons (Fsp3) is 0.154. The lowest BCUT2D eigenvalue weighted by Gasteiger charge is -2.08. The van der Waals surface area contributed by atoms with Crippen LogP contribution in [0.5, 0.6) is 5.88 Å². The molecule has 0 aliphatic heterocycles. The lowest BCUT2D eigenvalue weighted by atomic mass is 10.2. The van der Waals surface area contributed by atoms with Gasteiger partial charge in [0.05, 0.1) is 17.1 Å². The second kappa shape index (κ2) is 6.33. The van der Waals surface area contributed by atoms with E-state index in [9.17, 15) is 10.1 Å². The first kappa shape index (κ1) is 14.3. The summed E-state index contributed by atoms with van der Waals surface area (Å²) in [6, 6.07) is 10.3. The normalized spacial score (nSPS) is 10.1. The molecule has 0 bridgehead atoms. The molecular formula is C13H12BrN3O3. The lowest BCUT2D eigenvalue weighted by molar-refractivity contribution is -0.384. The summed E-state index contributed by atoms with van der Waals surface area (Å²) in [6.45, 7) is 0.277. The number of benzene rings is 1. The molecular weight excluding hydrogens is 326 g/mol. The molecule has 1 aromatic heterocycles. The topological polar surface area (TPSA) is 77.3 Å². The average Bonchev–Trinajstić information content (AvgIpc) is 2.46. The first-order chi connectivity index (χ1) is 9.60. The summed E-state index contributed by atoms with van der Waals surface area (Å²) in [4.78, 5) is 14.5. The Bertz CT molecular complexity index is 634. The zero-order chi connectivity index (χ0) is 14.5. The van der Waals surface area contributed by atoms with Crippen molar-refractivity contribution < 1.29 is 9.66 Å². The van der Waals surface area contributed by atoms with Crippen LogP contribution in [0, 0.1) is 10.1 Å². The quantitative estimate of drug-likeness (QED) is 0.668. The number of hydrogen-bond donors (Lipinski definition) is 1. The highest BCUT2D eigenvalue weighted by atomic mass is 79.9. The third-order valence-electron chi connectivity index (χ3n) is 2.59. The summed E-state index contributed by atoms with van der Waals surface area (Å²) in [6.07, 6.45) is 0. The fourth-order valence-corrected chi connectivity index (χ4v) is 1.97. The van der Waals surface area contributed by atoms with E-state index in [-0.39, 0.29) is 18.2 Å². The number of halogens is 1. The zero-order valence-corrected chi connectivity index (χ0v) is 12.3. The number of aromatic nitrogens is 1. The maximum atomic E-state index is 10.8. The highest BCUT2D eigenvalue weighted by Gasteiger charge is 2.12. The van der Waals surface area contributed by atoms with Crippen LogP contribution in [0.3, 0.4) is 0 Å². The summed E-state index contributed by atoms with van der Waals surface area (Å²) < 4.78 is 6.44. The van der Waals surface area contributed by atoms with Gasteiger partial charge in [0.25, 0.3) is 5.69 Å². The van der Waals surface area contributed by atoms with Gasteiger partial charge in [-0.05, 0) is 6.07 Å². The molecule has 0 saturated heterocycles. The molecule has 6 nitrogen and oxygen atoms in total. The van der Waals surface area contributed by atoms with E-state index in [0.29, 0.717) is 5.82 Å². The van der Waals surface area contributed by atoms with Gasteiger partial charge in [0.1, 0.15) is 12.4 Å². The van der Waals surface area contributed by atoms with E-state index >= 15 is 0 Å². The van der Waals surface area contributed by atoms with Crippen LogP contribution >= 0.6 is 15.9 Å². The molecule has 104 valence electrons. The Morgan fingerprint density at radius 3 is 2.80 bits per heavy atom. The van der Waals surface area contributed by atoms with Gasteiger partial charge in [0, 0.05) is 17.1 Å². The van der Waals surface area contributed by atoms with Crippen molar-refractivity contribution in [3.63, 3.8) is 0 Å². The van der Waals surface area contributed by atoms with Crippen LogP contribution in [-0.2, 0) is 6.61 Å². The minimum Gasteiger partial charge on any atom is -0.473 e. The van der Waals surface area contributed by atoms with Crippen molar-refractivity contribution in [1.82, 2.24) is 4.98 Å². The van der Waals surface area contributed by atoms with Crippen molar-refractivity contribution in [1.29, 1.82) is 0 Å². The highest BCUT2D eigenvalue weighted by molar-refractivity contribution is 9.10. The molecule has 1 N–H and O–H groups in total. The summed E-state index contributed by atoms with van der Waals surface area (Å²) in [5.74, 6) is 0.598. The van der Waals surface area contributed by atoms with E-state index in [2.05, 4.69) is 26.2 Å².